The van der Waals surface area contributed by atoms with E-state index in [1.807, 2.05) is 29.1 Å². The molecule has 5 heteroatoms. The van der Waals surface area contributed by atoms with Crippen molar-refractivity contribution in [3.8, 4) is 11.5 Å². The van der Waals surface area contributed by atoms with Gasteiger partial charge >= 0.3 is 0 Å². The van der Waals surface area contributed by atoms with E-state index in [0.717, 1.165) is 30.0 Å². The van der Waals surface area contributed by atoms with Gasteiger partial charge in [-0.2, -0.15) is 5.10 Å². The molecule has 0 radical (unpaired) electrons. The van der Waals surface area contributed by atoms with Gasteiger partial charge in [0.1, 0.15) is 5.75 Å². The van der Waals surface area contributed by atoms with Crippen LogP contribution in [0.3, 0.4) is 0 Å². The summed E-state index contributed by atoms with van der Waals surface area (Å²) < 4.78 is 7.82. The highest BCUT2D eigenvalue weighted by Gasteiger charge is 2.10. The minimum absolute atomic E-state index is 0.390. The molecule has 2 aromatic rings. The second-order valence-corrected chi connectivity index (χ2v) is 5.70. The Balaban J connectivity index is 2.16. The van der Waals surface area contributed by atoms with Crippen molar-refractivity contribution in [3.63, 3.8) is 0 Å². The SMILES string of the molecule is CCCn1cc(Oc2cccc(Cl)c2CNC(C)C)cn1. The molecule has 0 atom stereocenters. The third-order valence-electron chi connectivity index (χ3n) is 3.05. The molecule has 0 saturated heterocycles. The molecule has 1 aromatic carbocycles. The molecular formula is C16H22ClN3O. The molecule has 1 heterocycles. The molecule has 0 spiro atoms. The van der Waals surface area contributed by atoms with Gasteiger partial charge in [0.05, 0.1) is 12.4 Å². The molecular weight excluding hydrogens is 286 g/mol. The Morgan fingerprint density at radius 3 is 2.90 bits per heavy atom. The summed E-state index contributed by atoms with van der Waals surface area (Å²) in [6, 6.07) is 6.10. The summed E-state index contributed by atoms with van der Waals surface area (Å²) in [5.41, 5.74) is 0.969. The van der Waals surface area contributed by atoms with E-state index in [1.54, 1.807) is 6.20 Å². The zero-order chi connectivity index (χ0) is 15.2. The van der Waals surface area contributed by atoms with Crippen molar-refractivity contribution in [1.82, 2.24) is 15.1 Å². The van der Waals surface area contributed by atoms with Gasteiger partial charge in [-0.3, -0.25) is 4.68 Å². The number of nitrogens with one attached hydrogen (secondary N) is 1. The lowest BCUT2D eigenvalue weighted by atomic mass is 10.2. The quantitative estimate of drug-likeness (QED) is 0.831. The van der Waals surface area contributed by atoms with Crippen LogP contribution in [0.15, 0.2) is 30.6 Å². The van der Waals surface area contributed by atoms with Crippen LogP contribution < -0.4 is 10.1 Å². The smallest absolute Gasteiger partial charge is 0.165 e. The van der Waals surface area contributed by atoms with E-state index in [1.165, 1.54) is 0 Å². The average molecular weight is 308 g/mol. The van der Waals surface area contributed by atoms with Gasteiger partial charge in [0, 0.05) is 29.7 Å². The van der Waals surface area contributed by atoms with Gasteiger partial charge in [0.15, 0.2) is 5.75 Å². The predicted octanol–water partition coefficient (Wildman–Crippen LogP) is 4.24. The molecule has 21 heavy (non-hydrogen) atoms. The van der Waals surface area contributed by atoms with Crippen molar-refractivity contribution in [2.24, 2.45) is 0 Å². The molecule has 4 nitrogen and oxygen atoms in total. The van der Waals surface area contributed by atoms with E-state index in [9.17, 15) is 0 Å². The van der Waals surface area contributed by atoms with E-state index < -0.39 is 0 Å². The molecule has 0 fully saturated rings. The third kappa shape index (κ3) is 4.48. The normalized spacial score (nSPS) is 11.1. The van der Waals surface area contributed by atoms with Gasteiger partial charge < -0.3 is 10.1 Å². The monoisotopic (exact) mass is 307 g/mol. The summed E-state index contributed by atoms with van der Waals surface area (Å²) >= 11 is 6.29. The lowest BCUT2D eigenvalue weighted by molar-refractivity contribution is 0.468. The van der Waals surface area contributed by atoms with Crippen LogP contribution in [-0.2, 0) is 13.1 Å². The van der Waals surface area contributed by atoms with Gasteiger partial charge in [0.25, 0.3) is 0 Å². The Morgan fingerprint density at radius 2 is 2.19 bits per heavy atom. The van der Waals surface area contributed by atoms with Crippen LogP contribution in [0.4, 0.5) is 0 Å². The van der Waals surface area contributed by atoms with Crippen LogP contribution in [0.5, 0.6) is 11.5 Å². The Morgan fingerprint density at radius 1 is 1.38 bits per heavy atom. The fourth-order valence-electron chi connectivity index (χ4n) is 1.99. The first-order chi connectivity index (χ1) is 10.1. The van der Waals surface area contributed by atoms with E-state index in [4.69, 9.17) is 16.3 Å². The van der Waals surface area contributed by atoms with Crippen LogP contribution >= 0.6 is 11.6 Å². The van der Waals surface area contributed by atoms with Gasteiger partial charge in [-0.15, -0.1) is 0 Å². The number of halogens is 1. The Kier molecular flexibility index (Phi) is 5.65. The second-order valence-electron chi connectivity index (χ2n) is 5.29. The third-order valence-corrected chi connectivity index (χ3v) is 3.41. The van der Waals surface area contributed by atoms with Crippen molar-refractivity contribution >= 4 is 11.6 Å². The molecule has 0 aliphatic heterocycles. The minimum atomic E-state index is 0.390. The highest BCUT2D eigenvalue weighted by Crippen LogP contribution is 2.30. The van der Waals surface area contributed by atoms with Crippen molar-refractivity contribution in [2.45, 2.75) is 46.3 Å². The first kappa shape index (κ1) is 15.9. The molecule has 2 rings (SSSR count). The van der Waals surface area contributed by atoms with Crippen molar-refractivity contribution in [2.75, 3.05) is 0 Å². The summed E-state index contributed by atoms with van der Waals surface area (Å²) in [5.74, 6) is 1.50. The van der Waals surface area contributed by atoms with Gasteiger partial charge in [-0.1, -0.05) is 38.4 Å². The number of ether oxygens (including phenoxy) is 1. The number of hydrogen-bond donors (Lipinski definition) is 1. The van der Waals surface area contributed by atoms with Crippen LogP contribution in [0.1, 0.15) is 32.8 Å². The maximum atomic E-state index is 6.29. The van der Waals surface area contributed by atoms with Crippen molar-refractivity contribution in [3.05, 3.63) is 41.2 Å². The zero-order valence-electron chi connectivity index (χ0n) is 12.8. The van der Waals surface area contributed by atoms with E-state index >= 15 is 0 Å². The van der Waals surface area contributed by atoms with E-state index in [2.05, 4.69) is 31.2 Å². The zero-order valence-corrected chi connectivity index (χ0v) is 13.5. The minimum Gasteiger partial charge on any atom is -0.454 e. The molecule has 114 valence electrons. The molecule has 0 unspecified atom stereocenters. The van der Waals surface area contributed by atoms with Crippen LogP contribution in [0.25, 0.3) is 0 Å². The first-order valence-electron chi connectivity index (χ1n) is 7.31. The second kappa shape index (κ2) is 7.48. The molecule has 0 saturated carbocycles. The molecule has 1 aromatic heterocycles. The van der Waals surface area contributed by atoms with Crippen molar-refractivity contribution in [1.29, 1.82) is 0 Å². The van der Waals surface area contributed by atoms with Gasteiger partial charge in [-0.25, -0.2) is 0 Å². The van der Waals surface area contributed by atoms with Crippen LogP contribution in [-0.4, -0.2) is 15.8 Å². The largest absolute Gasteiger partial charge is 0.454 e. The lowest BCUT2D eigenvalue weighted by Crippen LogP contribution is -2.22. The number of benzene rings is 1. The predicted molar refractivity (Wildman–Crippen MR) is 86.0 cm³/mol. The summed E-state index contributed by atoms with van der Waals surface area (Å²) in [6.45, 7) is 7.89. The number of aryl methyl sites for hydroxylation is 1. The number of hydrogen-bond acceptors (Lipinski definition) is 3. The summed E-state index contributed by atoms with van der Waals surface area (Å²) in [4.78, 5) is 0. The highest BCUT2D eigenvalue weighted by atomic mass is 35.5. The molecule has 0 amide bonds. The molecule has 0 aliphatic carbocycles. The molecule has 0 aliphatic rings. The van der Waals surface area contributed by atoms with Gasteiger partial charge in [-0.05, 0) is 18.6 Å². The van der Waals surface area contributed by atoms with Crippen LogP contribution in [0.2, 0.25) is 5.02 Å². The topological polar surface area (TPSA) is 39.1 Å². The lowest BCUT2D eigenvalue weighted by Gasteiger charge is -2.14. The first-order valence-corrected chi connectivity index (χ1v) is 7.69. The number of rotatable bonds is 7. The van der Waals surface area contributed by atoms with Crippen LogP contribution in [0, 0.1) is 0 Å². The summed E-state index contributed by atoms with van der Waals surface area (Å²) in [6.07, 6.45) is 4.68. The van der Waals surface area contributed by atoms with Crippen molar-refractivity contribution < 1.29 is 4.74 Å². The summed E-state index contributed by atoms with van der Waals surface area (Å²) in [5, 5.41) is 8.35. The maximum Gasteiger partial charge on any atom is 0.165 e. The number of nitrogens with zero attached hydrogens (tertiary/aromatic N) is 2. The Hall–Kier alpha value is -1.52. The number of aromatic nitrogens is 2. The van der Waals surface area contributed by atoms with Gasteiger partial charge in [0.2, 0.25) is 0 Å². The molecule has 0 bridgehead atoms. The maximum absolute atomic E-state index is 6.29. The van der Waals surface area contributed by atoms with E-state index in [0.29, 0.717) is 17.6 Å². The standard InChI is InChI=1S/C16H22ClN3O/c1-4-8-20-11-13(9-19-20)21-16-7-5-6-15(17)14(16)10-18-12(2)3/h5-7,9,11-12,18H,4,8,10H2,1-3H3. The fourth-order valence-corrected chi connectivity index (χ4v) is 2.22. The highest BCUT2D eigenvalue weighted by molar-refractivity contribution is 6.31. The Labute approximate surface area is 131 Å². The summed E-state index contributed by atoms with van der Waals surface area (Å²) in [7, 11) is 0. The fraction of sp³-hybridized carbons (Fsp3) is 0.438. The Bertz CT molecular complexity index is 581. The average Bonchev–Trinajstić information content (AvgIpc) is 2.86. The molecule has 1 N–H and O–H groups in total. The van der Waals surface area contributed by atoms with E-state index in [-0.39, 0.29) is 0 Å².